The van der Waals surface area contributed by atoms with Crippen molar-refractivity contribution in [3.8, 4) is 5.75 Å². The Labute approximate surface area is 195 Å². The van der Waals surface area contributed by atoms with Gasteiger partial charge in [-0.15, -0.1) is 35.3 Å². The zero-order valence-corrected chi connectivity index (χ0v) is 20.8. The van der Waals surface area contributed by atoms with Crippen LogP contribution in [0.15, 0.2) is 29.3 Å². The molecule has 1 atom stereocenters. The second-order valence-electron chi connectivity index (χ2n) is 7.04. The minimum atomic E-state index is 0. The number of halogens is 1. The molecule has 0 saturated carbocycles. The lowest BCUT2D eigenvalue weighted by atomic mass is 10.0. The van der Waals surface area contributed by atoms with Crippen molar-refractivity contribution in [1.82, 2.24) is 15.6 Å². The summed E-state index contributed by atoms with van der Waals surface area (Å²) in [6, 6.07) is 8.59. The molecule has 160 valence electrons. The zero-order chi connectivity index (χ0) is 19.9. The number of hydrogen-bond acceptors (Lipinski definition) is 5. The van der Waals surface area contributed by atoms with Crippen molar-refractivity contribution < 1.29 is 4.74 Å². The Hall–Kier alpha value is -1.55. The van der Waals surface area contributed by atoms with Crippen LogP contribution >= 0.6 is 35.3 Å². The highest BCUT2D eigenvalue weighted by Crippen LogP contribution is 2.29. The summed E-state index contributed by atoms with van der Waals surface area (Å²) < 4.78 is 5.55. The number of anilines is 1. The highest BCUT2D eigenvalue weighted by Gasteiger charge is 2.22. The van der Waals surface area contributed by atoms with E-state index in [4.69, 9.17) is 9.73 Å². The predicted octanol–water partition coefficient (Wildman–Crippen LogP) is 4.11. The quantitative estimate of drug-likeness (QED) is 0.335. The summed E-state index contributed by atoms with van der Waals surface area (Å²) in [5.41, 5.74) is 2.25. The zero-order valence-electron chi connectivity index (χ0n) is 17.7. The molecule has 1 saturated heterocycles. The van der Waals surface area contributed by atoms with Crippen LogP contribution in [0.25, 0.3) is 0 Å². The number of benzene rings is 1. The van der Waals surface area contributed by atoms with Gasteiger partial charge >= 0.3 is 0 Å². The Morgan fingerprint density at radius 1 is 1.34 bits per heavy atom. The number of hydrogen-bond donors (Lipinski definition) is 2. The average molecular weight is 529 g/mol. The highest BCUT2D eigenvalue weighted by atomic mass is 127. The van der Waals surface area contributed by atoms with Crippen LogP contribution in [-0.4, -0.2) is 43.7 Å². The largest absolute Gasteiger partial charge is 0.495 e. The van der Waals surface area contributed by atoms with E-state index in [0.717, 1.165) is 60.6 Å². The minimum Gasteiger partial charge on any atom is -0.495 e. The monoisotopic (exact) mass is 529 g/mol. The first-order valence-corrected chi connectivity index (χ1v) is 10.8. The fraction of sp³-hybridized carbons (Fsp3) is 0.524. The molecule has 1 fully saturated rings. The third-order valence-electron chi connectivity index (χ3n) is 4.91. The molecule has 1 unspecified atom stereocenters. The predicted molar refractivity (Wildman–Crippen MR) is 133 cm³/mol. The van der Waals surface area contributed by atoms with Crippen LogP contribution in [0.4, 0.5) is 5.69 Å². The summed E-state index contributed by atoms with van der Waals surface area (Å²) in [4.78, 5) is 12.9. The van der Waals surface area contributed by atoms with Gasteiger partial charge in [0.15, 0.2) is 5.96 Å². The summed E-state index contributed by atoms with van der Waals surface area (Å²) in [7, 11) is 1.73. The van der Waals surface area contributed by atoms with E-state index >= 15 is 0 Å². The summed E-state index contributed by atoms with van der Waals surface area (Å²) in [6.45, 7) is 9.69. The van der Waals surface area contributed by atoms with Crippen LogP contribution in [0, 0.1) is 13.8 Å². The van der Waals surface area contributed by atoms with Gasteiger partial charge < -0.3 is 20.3 Å². The van der Waals surface area contributed by atoms with Crippen LogP contribution in [0.2, 0.25) is 0 Å². The van der Waals surface area contributed by atoms with Gasteiger partial charge in [-0.25, -0.2) is 9.98 Å². The van der Waals surface area contributed by atoms with Gasteiger partial charge in [-0.1, -0.05) is 12.1 Å². The summed E-state index contributed by atoms with van der Waals surface area (Å²) in [6.07, 6.45) is 2.27. The van der Waals surface area contributed by atoms with Crippen LogP contribution in [0.1, 0.15) is 35.3 Å². The van der Waals surface area contributed by atoms with E-state index < -0.39 is 0 Å². The molecule has 0 radical (unpaired) electrons. The maximum absolute atomic E-state index is 5.55. The smallest absolute Gasteiger partial charge is 0.191 e. The number of aromatic nitrogens is 1. The SMILES string of the molecule is CCNC(=NCc1sc(C)nc1C)NC1CCCN(c2ccccc2OC)C1.I. The second-order valence-corrected chi connectivity index (χ2v) is 8.33. The standard InChI is InChI=1S/C21H31N5OS.HI/c1-5-22-21(23-13-20-15(2)24-16(3)28-20)25-17-9-8-12-26(14-17)18-10-6-7-11-19(18)27-4;/h6-7,10-11,17H,5,8-9,12-14H2,1-4H3,(H2,22,23,25);1H. The third kappa shape index (κ3) is 6.47. The van der Waals surface area contributed by atoms with Crippen molar-refractivity contribution in [2.24, 2.45) is 4.99 Å². The number of nitrogens with one attached hydrogen (secondary N) is 2. The number of nitrogens with zero attached hydrogens (tertiary/aromatic N) is 3. The number of aryl methyl sites for hydroxylation is 2. The molecular weight excluding hydrogens is 497 g/mol. The first kappa shape index (κ1) is 23.7. The molecule has 1 aliphatic heterocycles. The Morgan fingerprint density at radius 2 is 2.14 bits per heavy atom. The van der Waals surface area contributed by atoms with Crippen molar-refractivity contribution in [3.05, 3.63) is 39.8 Å². The normalized spacial score (nSPS) is 16.9. The van der Waals surface area contributed by atoms with E-state index in [1.165, 1.54) is 4.88 Å². The van der Waals surface area contributed by atoms with Gasteiger partial charge in [0.05, 0.1) is 30.0 Å². The van der Waals surface area contributed by atoms with Crippen molar-refractivity contribution >= 4 is 47.0 Å². The molecule has 3 rings (SSSR count). The lowest BCUT2D eigenvalue weighted by Crippen LogP contribution is -2.51. The molecule has 1 aromatic carbocycles. The number of ether oxygens (including phenoxy) is 1. The molecular formula is C21H32IN5OS. The molecule has 29 heavy (non-hydrogen) atoms. The van der Waals surface area contributed by atoms with Crippen LogP contribution < -0.4 is 20.3 Å². The van der Waals surface area contributed by atoms with Gasteiger partial charge in [0, 0.05) is 30.6 Å². The van der Waals surface area contributed by atoms with Gasteiger partial charge in [0.2, 0.25) is 0 Å². The van der Waals surface area contributed by atoms with Crippen molar-refractivity contribution in [2.75, 3.05) is 31.6 Å². The van der Waals surface area contributed by atoms with E-state index in [-0.39, 0.29) is 24.0 Å². The Morgan fingerprint density at radius 3 is 2.83 bits per heavy atom. The lowest BCUT2D eigenvalue weighted by molar-refractivity contribution is 0.408. The fourth-order valence-corrected chi connectivity index (χ4v) is 4.45. The average Bonchev–Trinajstić information content (AvgIpc) is 3.03. The van der Waals surface area contributed by atoms with E-state index in [2.05, 4.69) is 46.5 Å². The van der Waals surface area contributed by atoms with Gasteiger partial charge in [0.25, 0.3) is 0 Å². The van der Waals surface area contributed by atoms with Gasteiger partial charge in [-0.3, -0.25) is 0 Å². The van der Waals surface area contributed by atoms with Gasteiger partial charge in [0.1, 0.15) is 5.75 Å². The molecule has 0 bridgehead atoms. The van der Waals surface area contributed by atoms with Crippen molar-refractivity contribution in [3.63, 3.8) is 0 Å². The molecule has 2 N–H and O–H groups in total. The number of aliphatic imine (C=N–C) groups is 1. The van der Waals surface area contributed by atoms with Gasteiger partial charge in [-0.2, -0.15) is 0 Å². The number of guanidine groups is 1. The number of para-hydroxylation sites is 2. The van der Waals surface area contributed by atoms with E-state index in [9.17, 15) is 0 Å². The first-order chi connectivity index (χ1) is 13.6. The topological polar surface area (TPSA) is 61.8 Å². The number of methoxy groups -OCH3 is 1. The second kappa shape index (κ2) is 11.6. The molecule has 6 nitrogen and oxygen atoms in total. The number of thiazole rings is 1. The molecule has 1 aromatic heterocycles. The molecule has 2 heterocycles. The van der Waals surface area contributed by atoms with Crippen molar-refractivity contribution in [2.45, 2.75) is 46.2 Å². The number of piperidine rings is 1. The fourth-order valence-electron chi connectivity index (χ4n) is 3.59. The van der Waals surface area contributed by atoms with Crippen LogP contribution in [0.5, 0.6) is 5.75 Å². The van der Waals surface area contributed by atoms with E-state index in [0.29, 0.717) is 12.6 Å². The Bertz CT molecular complexity index is 810. The molecule has 0 amide bonds. The molecule has 8 heteroatoms. The molecule has 0 spiro atoms. The summed E-state index contributed by atoms with van der Waals surface area (Å²) >= 11 is 1.73. The Balaban J connectivity index is 0.00000300. The third-order valence-corrected chi connectivity index (χ3v) is 5.97. The first-order valence-electron chi connectivity index (χ1n) is 9.96. The molecule has 2 aromatic rings. The summed E-state index contributed by atoms with van der Waals surface area (Å²) in [5.74, 6) is 1.81. The van der Waals surface area contributed by atoms with Crippen LogP contribution in [0.3, 0.4) is 0 Å². The molecule has 0 aliphatic carbocycles. The highest BCUT2D eigenvalue weighted by molar-refractivity contribution is 14.0. The van der Waals surface area contributed by atoms with E-state index in [1.807, 2.05) is 19.1 Å². The maximum atomic E-state index is 5.55. The van der Waals surface area contributed by atoms with Crippen LogP contribution in [-0.2, 0) is 6.54 Å². The van der Waals surface area contributed by atoms with Crippen molar-refractivity contribution in [1.29, 1.82) is 0 Å². The van der Waals surface area contributed by atoms with E-state index in [1.54, 1.807) is 18.4 Å². The minimum absolute atomic E-state index is 0. The maximum Gasteiger partial charge on any atom is 0.191 e. The summed E-state index contributed by atoms with van der Waals surface area (Å²) in [5, 5.41) is 8.11. The molecule has 1 aliphatic rings. The lowest BCUT2D eigenvalue weighted by Gasteiger charge is -2.36. The number of rotatable bonds is 6. The Kier molecular flexibility index (Phi) is 9.48. The van der Waals surface area contributed by atoms with Gasteiger partial charge in [-0.05, 0) is 45.7 Å².